The fraction of sp³-hybridized carbons (Fsp3) is 0.545. The summed E-state index contributed by atoms with van der Waals surface area (Å²) in [6.07, 6.45) is 3.93. The summed E-state index contributed by atoms with van der Waals surface area (Å²) in [5.74, 6) is 1.05. The van der Waals surface area contributed by atoms with Crippen LogP contribution in [-0.2, 0) is 0 Å². The van der Waals surface area contributed by atoms with Crippen LogP contribution in [-0.4, -0.2) is 36.1 Å². The number of likely N-dealkylation sites (tertiary alicyclic amines) is 1. The van der Waals surface area contributed by atoms with E-state index in [0.29, 0.717) is 29.2 Å². The van der Waals surface area contributed by atoms with Crippen LogP contribution in [0, 0.1) is 0 Å². The van der Waals surface area contributed by atoms with Crippen LogP contribution in [0.2, 0.25) is 5.02 Å². The first kappa shape index (κ1) is 11.5. The van der Waals surface area contributed by atoms with E-state index in [-0.39, 0.29) is 0 Å². The molecule has 4 nitrogen and oxygen atoms in total. The first-order chi connectivity index (χ1) is 7.66. The normalized spacial score (nSPS) is 21.2. The predicted octanol–water partition coefficient (Wildman–Crippen LogP) is 1.79. The standard InChI is InChI=1S/C11H16ClN3O/c1-15-4-2-3-8(15)7-16-10-5-11(13)14-6-9(10)12/h5-6,8H,2-4,7H2,1H3,(H2,13,14). The van der Waals surface area contributed by atoms with Crippen molar-refractivity contribution < 1.29 is 4.74 Å². The van der Waals surface area contributed by atoms with Gasteiger partial charge in [0.15, 0.2) is 0 Å². The van der Waals surface area contributed by atoms with Crippen molar-refractivity contribution in [1.82, 2.24) is 9.88 Å². The van der Waals surface area contributed by atoms with E-state index in [1.165, 1.54) is 19.0 Å². The lowest BCUT2D eigenvalue weighted by Gasteiger charge is -2.20. The molecule has 0 aliphatic carbocycles. The van der Waals surface area contributed by atoms with Gasteiger partial charge in [-0.1, -0.05) is 11.6 Å². The maximum absolute atomic E-state index is 5.96. The van der Waals surface area contributed by atoms with E-state index in [4.69, 9.17) is 22.1 Å². The molecule has 0 aromatic carbocycles. The summed E-state index contributed by atoms with van der Waals surface area (Å²) in [6.45, 7) is 1.79. The van der Waals surface area contributed by atoms with Crippen LogP contribution in [0.15, 0.2) is 12.3 Å². The molecule has 0 radical (unpaired) electrons. The van der Waals surface area contributed by atoms with E-state index in [2.05, 4.69) is 16.9 Å². The molecular weight excluding hydrogens is 226 g/mol. The van der Waals surface area contributed by atoms with Crippen LogP contribution < -0.4 is 10.5 Å². The molecule has 0 saturated carbocycles. The Labute approximate surface area is 100 Å². The fourth-order valence-corrected chi connectivity index (χ4v) is 2.08. The number of rotatable bonds is 3. The molecule has 2 heterocycles. The summed E-state index contributed by atoms with van der Waals surface area (Å²) in [4.78, 5) is 6.19. The molecular formula is C11H16ClN3O. The van der Waals surface area contributed by atoms with E-state index in [1.54, 1.807) is 6.07 Å². The lowest BCUT2D eigenvalue weighted by atomic mass is 10.2. The summed E-state index contributed by atoms with van der Waals surface area (Å²) in [7, 11) is 2.11. The van der Waals surface area contributed by atoms with E-state index >= 15 is 0 Å². The van der Waals surface area contributed by atoms with Crippen molar-refractivity contribution in [2.75, 3.05) is 25.9 Å². The van der Waals surface area contributed by atoms with Gasteiger partial charge in [0.1, 0.15) is 23.2 Å². The van der Waals surface area contributed by atoms with E-state index in [9.17, 15) is 0 Å². The molecule has 1 aromatic rings. The highest BCUT2D eigenvalue weighted by atomic mass is 35.5. The zero-order chi connectivity index (χ0) is 11.5. The van der Waals surface area contributed by atoms with Gasteiger partial charge in [0, 0.05) is 12.1 Å². The molecule has 1 atom stereocenters. The molecule has 16 heavy (non-hydrogen) atoms. The smallest absolute Gasteiger partial charge is 0.143 e. The average Bonchev–Trinajstić information content (AvgIpc) is 2.66. The molecule has 5 heteroatoms. The van der Waals surface area contributed by atoms with Gasteiger partial charge in [-0.2, -0.15) is 0 Å². The van der Waals surface area contributed by atoms with Crippen molar-refractivity contribution in [3.63, 3.8) is 0 Å². The maximum atomic E-state index is 5.96. The van der Waals surface area contributed by atoms with E-state index in [1.807, 2.05) is 0 Å². The van der Waals surface area contributed by atoms with Gasteiger partial charge in [-0.15, -0.1) is 0 Å². The quantitative estimate of drug-likeness (QED) is 0.877. The molecule has 1 aromatic heterocycles. The van der Waals surface area contributed by atoms with Gasteiger partial charge < -0.3 is 15.4 Å². The molecule has 1 aliphatic rings. The second-order valence-corrected chi connectivity index (χ2v) is 4.53. The number of nitrogen functional groups attached to an aromatic ring is 1. The topological polar surface area (TPSA) is 51.4 Å². The lowest BCUT2D eigenvalue weighted by molar-refractivity contribution is 0.198. The minimum absolute atomic E-state index is 0.430. The van der Waals surface area contributed by atoms with Crippen molar-refractivity contribution in [3.05, 3.63) is 17.3 Å². The zero-order valence-corrected chi connectivity index (χ0v) is 10.1. The molecule has 0 bridgehead atoms. The number of hydrogen-bond acceptors (Lipinski definition) is 4. The number of ether oxygens (including phenoxy) is 1. The van der Waals surface area contributed by atoms with E-state index in [0.717, 1.165) is 6.54 Å². The third-order valence-corrected chi connectivity index (χ3v) is 3.23. The van der Waals surface area contributed by atoms with Crippen LogP contribution in [0.5, 0.6) is 5.75 Å². The molecule has 0 spiro atoms. The number of nitrogens with two attached hydrogens (primary N) is 1. The Morgan fingerprint density at radius 3 is 3.19 bits per heavy atom. The number of hydrogen-bond donors (Lipinski definition) is 1. The Balaban J connectivity index is 1.96. The Morgan fingerprint density at radius 2 is 2.50 bits per heavy atom. The molecule has 1 unspecified atom stereocenters. The van der Waals surface area contributed by atoms with Crippen molar-refractivity contribution >= 4 is 17.4 Å². The van der Waals surface area contributed by atoms with Gasteiger partial charge in [0.25, 0.3) is 0 Å². The summed E-state index contributed by atoms with van der Waals surface area (Å²) in [5.41, 5.74) is 5.58. The van der Waals surface area contributed by atoms with Crippen LogP contribution >= 0.6 is 11.6 Å². The Bertz CT molecular complexity index is 372. The highest BCUT2D eigenvalue weighted by molar-refractivity contribution is 6.31. The predicted molar refractivity (Wildman–Crippen MR) is 64.8 cm³/mol. The van der Waals surface area contributed by atoms with Gasteiger partial charge >= 0.3 is 0 Å². The molecule has 2 rings (SSSR count). The largest absolute Gasteiger partial charge is 0.490 e. The Hall–Kier alpha value is -1.00. The molecule has 1 fully saturated rings. The number of anilines is 1. The third kappa shape index (κ3) is 2.57. The zero-order valence-electron chi connectivity index (χ0n) is 9.32. The van der Waals surface area contributed by atoms with E-state index < -0.39 is 0 Å². The molecule has 2 N–H and O–H groups in total. The number of aromatic nitrogens is 1. The SMILES string of the molecule is CN1CCCC1COc1cc(N)ncc1Cl. The van der Waals surface area contributed by atoms with Crippen LogP contribution in [0.25, 0.3) is 0 Å². The first-order valence-electron chi connectivity index (χ1n) is 5.41. The van der Waals surface area contributed by atoms with Gasteiger partial charge in [-0.3, -0.25) is 0 Å². The number of likely N-dealkylation sites (N-methyl/N-ethyl adjacent to an activating group) is 1. The minimum Gasteiger partial charge on any atom is -0.490 e. The number of pyridine rings is 1. The third-order valence-electron chi connectivity index (χ3n) is 2.94. The average molecular weight is 242 g/mol. The van der Waals surface area contributed by atoms with Crippen molar-refractivity contribution in [1.29, 1.82) is 0 Å². The van der Waals surface area contributed by atoms with Crippen molar-refractivity contribution in [2.45, 2.75) is 18.9 Å². The number of halogens is 1. The monoisotopic (exact) mass is 241 g/mol. The molecule has 0 amide bonds. The van der Waals surface area contributed by atoms with Gasteiger partial charge in [0.05, 0.1) is 6.20 Å². The second kappa shape index (κ2) is 4.89. The van der Waals surface area contributed by atoms with Gasteiger partial charge in [0.2, 0.25) is 0 Å². The van der Waals surface area contributed by atoms with Crippen LogP contribution in [0.1, 0.15) is 12.8 Å². The fourth-order valence-electron chi connectivity index (χ4n) is 1.92. The summed E-state index contributed by atoms with van der Waals surface area (Å²) in [6, 6.07) is 2.14. The van der Waals surface area contributed by atoms with Crippen molar-refractivity contribution in [3.8, 4) is 5.75 Å². The van der Waals surface area contributed by atoms with Crippen LogP contribution in [0.4, 0.5) is 5.82 Å². The summed E-state index contributed by atoms with van der Waals surface area (Å²) >= 11 is 5.96. The second-order valence-electron chi connectivity index (χ2n) is 4.13. The molecule has 88 valence electrons. The summed E-state index contributed by atoms with van der Waals surface area (Å²) in [5, 5.41) is 0.509. The number of nitrogens with zero attached hydrogens (tertiary/aromatic N) is 2. The van der Waals surface area contributed by atoms with Crippen molar-refractivity contribution in [2.24, 2.45) is 0 Å². The van der Waals surface area contributed by atoms with Crippen LogP contribution in [0.3, 0.4) is 0 Å². The molecule has 1 saturated heterocycles. The van der Waals surface area contributed by atoms with Gasteiger partial charge in [-0.05, 0) is 26.4 Å². The summed E-state index contributed by atoms with van der Waals surface area (Å²) < 4.78 is 5.68. The molecule has 1 aliphatic heterocycles. The lowest BCUT2D eigenvalue weighted by Crippen LogP contribution is -2.30. The minimum atomic E-state index is 0.430. The maximum Gasteiger partial charge on any atom is 0.143 e. The van der Waals surface area contributed by atoms with Gasteiger partial charge in [-0.25, -0.2) is 4.98 Å². The first-order valence-corrected chi connectivity index (χ1v) is 5.78. The Morgan fingerprint density at radius 1 is 1.69 bits per heavy atom. The Kier molecular flexibility index (Phi) is 3.51. The highest BCUT2D eigenvalue weighted by Gasteiger charge is 2.21. The highest BCUT2D eigenvalue weighted by Crippen LogP contribution is 2.26.